The lowest BCUT2D eigenvalue weighted by molar-refractivity contribution is -0.138. The number of benzene rings is 1. The van der Waals surface area contributed by atoms with Gasteiger partial charge in [-0.25, -0.2) is 0 Å². The molecule has 0 aromatic heterocycles. The molecule has 0 aliphatic rings. The van der Waals surface area contributed by atoms with Crippen LogP contribution in [0.5, 0.6) is 0 Å². The van der Waals surface area contributed by atoms with Crippen molar-refractivity contribution >= 4 is 0 Å². The van der Waals surface area contributed by atoms with Crippen molar-refractivity contribution < 1.29 is 13.2 Å². The normalized spacial score (nSPS) is 14.0. The Bertz CT molecular complexity index is 432. The zero-order valence-electron chi connectivity index (χ0n) is 12.8. The Morgan fingerprint density at radius 1 is 1.10 bits per heavy atom. The van der Waals surface area contributed by atoms with Gasteiger partial charge in [0.1, 0.15) is 0 Å². The molecular formula is C15H24F3N3. The monoisotopic (exact) mass is 303 g/mol. The summed E-state index contributed by atoms with van der Waals surface area (Å²) < 4.78 is 39.3. The Morgan fingerprint density at radius 2 is 1.71 bits per heavy atom. The van der Waals surface area contributed by atoms with Gasteiger partial charge in [0.25, 0.3) is 0 Å². The van der Waals surface area contributed by atoms with Gasteiger partial charge in [0.05, 0.1) is 5.56 Å². The highest BCUT2D eigenvalue weighted by Gasteiger charge is 2.35. The molecule has 0 radical (unpaired) electrons. The third-order valence-corrected chi connectivity index (χ3v) is 3.50. The molecule has 0 bridgehead atoms. The van der Waals surface area contributed by atoms with Crippen LogP contribution in [0, 0.1) is 0 Å². The van der Waals surface area contributed by atoms with E-state index < -0.39 is 17.8 Å². The average molecular weight is 303 g/mol. The van der Waals surface area contributed by atoms with Crippen molar-refractivity contribution in [3.8, 4) is 0 Å². The zero-order valence-corrected chi connectivity index (χ0v) is 12.8. The number of nitrogens with two attached hydrogens (primary N) is 1. The molecule has 0 saturated heterocycles. The van der Waals surface area contributed by atoms with Gasteiger partial charge in [-0.15, -0.1) is 0 Å². The predicted molar refractivity (Wildman–Crippen MR) is 79.0 cm³/mol. The lowest BCUT2D eigenvalue weighted by Crippen LogP contribution is -2.34. The first-order valence-corrected chi connectivity index (χ1v) is 6.98. The minimum atomic E-state index is -4.35. The van der Waals surface area contributed by atoms with Crippen LogP contribution in [0.3, 0.4) is 0 Å². The van der Waals surface area contributed by atoms with E-state index >= 15 is 0 Å². The zero-order chi connectivity index (χ0) is 16.0. The summed E-state index contributed by atoms with van der Waals surface area (Å²) in [5, 5.41) is 0. The third-order valence-electron chi connectivity index (χ3n) is 3.50. The second-order valence-electron chi connectivity index (χ2n) is 5.47. The van der Waals surface area contributed by atoms with E-state index in [1.54, 1.807) is 6.07 Å². The van der Waals surface area contributed by atoms with Gasteiger partial charge in [0.2, 0.25) is 0 Å². The highest BCUT2D eigenvalue weighted by Crippen LogP contribution is 2.35. The van der Waals surface area contributed by atoms with Crippen molar-refractivity contribution in [3.63, 3.8) is 0 Å². The van der Waals surface area contributed by atoms with Gasteiger partial charge in [-0.2, -0.15) is 13.2 Å². The molecule has 0 heterocycles. The van der Waals surface area contributed by atoms with Crippen molar-refractivity contribution in [2.24, 2.45) is 5.73 Å². The molecule has 120 valence electrons. The topological polar surface area (TPSA) is 32.5 Å². The molecule has 0 aliphatic carbocycles. The summed E-state index contributed by atoms with van der Waals surface area (Å²) in [5.41, 5.74) is 5.38. The summed E-state index contributed by atoms with van der Waals surface area (Å²) in [7, 11) is 5.76. The number of likely N-dealkylation sites (N-methyl/N-ethyl adjacent to an activating group) is 1. The Balaban J connectivity index is 2.89. The average Bonchev–Trinajstić information content (AvgIpc) is 2.38. The molecule has 1 atom stereocenters. The second kappa shape index (κ2) is 7.77. The molecule has 3 nitrogen and oxygen atoms in total. The van der Waals surface area contributed by atoms with Crippen LogP contribution in [0.4, 0.5) is 13.2 Å². The van der Waals surface area contributed by atoms with Gasteiger partial charge >= 0.3 is 6.18 Å². The van der Waals surface area contributed by atoms with Crippen molar-refractivity contribution in [1.29, 1.82) is 0 Å². The van der Waals surface area contributed by atoms with Crippen LogP contribution in [0.25, 0.3) is 0 Å². The predicted octanol–water partition coefficient (Wildman–Crippen LogP) is 2.59. The second-order valence-corrected chi connectivity index (χ2v) is 5.47. The van der Waals surface area contributed by atoms with Crippen LogP contribution in [0.2, 0.25) is 0 Å². The van der Waals surface area contributed by atoms with Crippen molar-refractivity contribution in [2.75, 3.05) is 40.8 Å². The van der Waals surface area contributed by atoms with E-state index in [0.717, 1.165) is 19.0 Å². The largest absolute Gasteiger partial charge is 0.416 e. The summed E-state index contributed by atoms with van der Waals surface area (Å²) in [4.78, 5) is 3.95. The van der Waals surface area contributed by atoms with E-state index in [2.05, 4.69) is 4.90 Å². The minimum Gasteiger partial charge on any atom is -0.329 e. The molecule has 0 spiro atoms. The van der Waals surface area contributed by atoms with Gasteiger partial charge < -0.3 is 10.6 Å². The summed E-state index contributed by atoms with van der Waals surface area (Å²) in [6.45, 7) is 1.75. The quantitative estimate of drug-likeness (QED) is 0.840. The maximum Gasteiger partial charge on any atom is 0.416 e. The van der Waals surface area contributed by atoms with E-state index in [9.17, 15) is 13.2 Å². The third kappa shape index (κ3) is 5.30. The number of nitrogens with zero attached hydrogens (tertiary/aromatic N) is 2. The molecule has 21 heavy (non-hydrogen) atoms. The fourth-order valence-electron chi connectivity index (χ4n) is 2.38. The molecule has 1 rings (SSSR count). The summed E-state index contributed by atoms with van der Waals surface area (Å²) in [5.74, 6) is 0. The molecule has 0 aliphatic heterocycles. The fraction of sp³-hybridized carbons (Fsp3) is 0.600. The van der Waals surface area contributed by atoms with E-state index in [1.165, 1.54) is 12.1 Å². The number of halogens is 3. The van der Waals surface area contributed by atoms with Crippen LogP contribution in [0.1, 0.15) is 23.6 Å². The van der Waals surface area contributed by atoms with E-state index in [1.807, 2.05) is 26.0 Å². The number of rotatable bonds is 7. The highest BCUT2D eigenvalue weighted by molar-refractivity contribution is 5.32. The molecule has 2 N–H and O–H groups in total. The van der Waals surface area contributed by atoms with E-state index in [4.69, 9.17) is 5.73 Å². The number of hydrogen-bond donors (Lipinski definition) is 1. The van der Waals surface area contributed by atoms with E-state index in [0.29, 0.717) is 6.54 Å². The lowest BCUT2D eigenvalue weighted by Gasteiger charge is -2.29. The molecular weight excluding hydrogens is 279 g/mol. The first kappa shape index (κ1) is 17.9. The Kier molecular flexibility index (Phi) is 6.64. The van der Waals surface area contributed by atoms with Crippen LogP contribution in [-0.2, 0) is 6.18 Å². The molecule has 0 fully saturated rings. The molecule has 1 aromatic rings. The number of hydrogen-bond acceptors (Lipinski definition) is 3. The van der Waals surface area contributed by atoms with Gasteiger partial charge in [0, 0.05) is 12.6 Å². The first-order chi connectivity index (χ1) is 9.77. The number of alkyl halides is 3. The van der Waals surface area contributed by atoms with Gasteiger partial charge in [-0.1, -0.05) is 18.2 Å². The van der Waals surface area contributed by atoms with Crippen molar-refractivity contribution in [1.82, 2.24) is 9.80 Å². The summed E-state index contributed by atoms with van der Waals surface area (Å²) >= 11 is 0. The summed E-state index contributed by atoms with van der Waals surface area (Å²) in [6.07, 6.45) is -3.47. The summed E-state index contributed by atoms with van der Waals surface area (Å²) in [6, 6.07) is 5.24. The molecule has 1 aromatic carbocycles. The minimum absolute atomic E-state index is 0.158. The SMILES string of the molecule is CN(C)CCCN(C)C(CN)c1ccccc1C(F)(F)F. The first-order valence-electron chi connectivity index (χ1n) is 6.98. The Morgan fingerprint density at radius 3 is 2.24 bits per heavy atom. The van der Waals surface area contributed by atoms with Crippen molar-refractivity contribution in [2.45, 2.75) is 18.6 Å². The van der Waals surface area contributed by atoms with Crippen LogP contribution in [-0.4, -0.2) is 50.6 Å². The maximum absolute atomic E-state index is 13.1. The van der Waals surface area contributed by atoms with Crippen LogP contribution < -0.4 is 5.73 Å². The van der Waals surface area contributed by atoms with Crippen molar-refractivity contribution in [3.05, 3.63) is 35.4 Å². The molecule has 0 saturated carbocycles. The molecule has 0 amide bonds. The van der Waals surface area contributed by atoms with Gasteiger partial charge in [0.15, 0.2) is 0 Å². The van der Waals surface area contributed by atoms with E-state index in [-0.39, 0.29) is 12.1 Å². The maximum atomic E-state index is 13.1. The molecule has 1 unspecified atom stereocenters. The van der Waals surface area contributed by atoms with Gasteiger partial charge in [-0.3, -0.25) is 4.90 Å². The van der Waals surface area contributed by atoms with Crippen LogP contribution >= 0.6 is 0 Å². The lowest BCUT2D eigenvalue weighted by atomic mass is 9.98. The van der Waals surface area contributed by atoms with Gasteiger partial charge in [-0.05, 0) is 52.3 Å². The Hall–Kier alpha value is -1.11. The van der Waals surface area contributed by atoms with Crippen LogP contribution in [0.15, 0.2) is 24.3 Å². The highest BCUT2D eigenvalue weighted by atomic mass is 19.4. The smallest absolute Gasteiger partial charge is 0.329 e. The molecule has 6 heteroatoms. The Labute approximate surface area is 124 Å². The standard InChI is InChI=1S/C15H24F3N3/c1-20(2)9-6-10-21(3)14(11-19)12-7-4-5-8-13(12)15(16,17)18/h4-5,7-8,14H,6,9-11,19H2,1-3H3. The fourth-order valence-corrected chi connectivity index (χ4v) is 2.38.